The lowest BCUT2D eigenvalue weighted by Gasteiger charge is -2.13. The fraction of sp³-hybridized carbons (Fsp3) is 0.538. The minimum absolute atomic E-state index is 0.679. The van der Waals surface area contributed by atoms with Crippen molar-refractivity contribution >= 4 is 5.69 Å². The molecular weight excluding hydrogens is 184 g/mol. The topological polar surface area (TPSA) is 15.3 Å². The van der Waals surface area contributed by atoms with Crippen LogP contribution in [0.3, 0.4) is 0 Å². The van der Waals surface area contributed by atoms with Crippen molar-refractivity contribution in [3.63, 3.8) is 0 Å². The van der Waals surface area contributed by atoms with E-state index in [0.717, 1.165) is 19.5 Å². The second-order valence-electron chi connectivity index (χ2n) is 4.49. The van der Waals surface area contributed by atoms with Gasteiger partial charge in [-0.25, -0.2) is 0 Å². The minimum atomic E-state index is 0.679. The fourth-order valence-corrected chi connectivity index (χ4v) is 2.58. The third-order valence-electron chi connectivity index (χ3n) is 3.27. The molecule has 0 saturated carbocycles. The van der Waals surface area contributed by atoms with Crippen LogP contribution in [-0.4, -0.2) is 27.2 Å². The second-order valence-corrected chi connectivity index (χ2v) is 4.49. The van der Waals surface area contributed by atoms with Crippen LogP contribution in [0.5, 0.6) is 0 Å². The predicted octanol–water partition coefficient (Wildman–Crippen LogP) is 2.00. The molecule has 1 unspecified atom stereocenters. The van der Waals surface area contributed by atoms with Crippen molar-refractivity contribution in [1.82, 2.24) is 5.32 Å². The van der Waals surface area contributed by atoms with Gasteiger partial charge >= 0.3 is 0 Å². The van der Waals surface area contributed by atoms with E-state index in [1.807, 2.05) is 7.05 Å². The summed E-state index contributed by atoms with van der Waals surface area (Å²) in [4.78, 5) is 2.36. The van der Waals surface area contributed by atoms with E-state index >= 15 is 0 Å². The molecule has 0 spiro atoms. The number of hydrogen-bond donors (Lipinski definition) is 1. The summed E-state index contributed by atoms with van der Waals surface area (Å²) in [6.45, 7) is 4.55. The zero-order chi connectivity index (χ0) is 10.8. The van der Waals surface area contributed by atoms with Gasteiger partial charge in [-0.1, -0.05) is 19.1 Å². The van der Waals surface area contributed by atoms with Crippen LogP contribution in [0.1, 0.15) is 24.0 Å². The minimum Gasteiger partial charge on any atom is -0.374 e. The summed E-state index contributed by atoms with van der Waals surface area (Å²) in [6, 6.07) is 6.69. The number of fused-ring (bicyclic) bond motifs is 1. The lowest BCUT2D eigenvalue weighted by molar-refractivity contribution is 0.759. The van der Waals surface area contributed by atoms with E-state index in [1.165, 1.54) is 11.3 Å². The molecule has 0 fully saturated rings. The molecule has 1 aliphatic heterocycles. The van der Waals surface area contributed by atoms with Gasteiger partial charge in [0.2, 0.25) is 0 Å². The number of hydrogen-bond acceptors (Lipinski definition) is 2. The van der Waals surface area contributed by atoms with E-state index in [2.05, 4.69) is 42.4 Å². The summed E-state index contributed by atoms with van der Waals surface area (Å²) in [5, 5.41) is 3.22. The van der Waals surface area contributed by atoms with Crippen LogP contribution in [0.25, 0.3) is 0 Å². The first-order valence-electron chi connectivity index (χ1n) is 5.71. The van der Waals surface area contributed by atoms with Crippen LogP contribution >= 0.6 is 0 Å². The highest BCUT2D eigenvalue weighted by atomic mass is 15.1. The first kappa shape index (κ1) is 10.5. The highest BCUT2D eigenvalue weighted by Gasteiger charge is 2.24. The summed E-state index contributed by atoms with van der Waals surface area (Å²) < 4.78 is 0. The smallest absolute Gasteiger partial charge is 0.0402 e. The Morgan fingerprint density at radius 1 is 1.47 bits per heavy atom. The quantitative estimate of drug-likeness (QED) is 0.810. The number of anilines is 1. The van der Waals surface area contributed by atoms with E-state index in [0.29, 0.717) is 5.92 Å². The zero-order valence-electron chi connectivity index (χ0n) is 9.88. The van der Waals surface area contributed by atoms with Crippen LogP contribution < -0.4 is 10.2 Å². The number of nitrogens with zero attached hydrogens (tertiary/aromatic N) is 1. The zero-order valence-corrected chi connectivity index (χ0v) is 9.88. The molecule has 0 bridgehead atoms. The summed E-state index contributed by atoms with van der Waals surface area (Å²) in [6.07, 6.45) is 1.14. The van der Waals surface area contributed by atoms with E-state index < -0.39 is 0 Å². The SMILES string of the molecule is CNCCc1cccc2c1C(C)CN2C. The molecule has 2 nitrogen and oxygen atoms in total. The number of nitrogens with one attached hydrogen (secondary N) is 1. The molecule has 2 rings (SSSR count). The monoisotopic (exact) mass is 204 g/mol. The molecule has 0 aliphatic carbocycles. The molecule has 1 aromatic carbocycles. The molecule has 15 heavy (non-hydrogen) atoms. The summed E-state index contributed by atoms with van der Waals surface area (Å²) in [5.41, 5.74) is 4.50. The molecule has 0 aromatic heterocycles. The standard InChI is InChI=1S/C13H20N2/c1-10-9-15(3)12-6-4-5-11(13(10)12)7-8-14-2/h4-6,10,14H,7-9H2,1-3H3. The molecule has 0 amide bonds. The molecule has 1 atom stereocenters. The van der Waals surface area contributed by atoms with Crippen molar-refractivity contribution in [2.75, 3.05) is 32.1 Å². The normalized spacial score (nSPS) is 19.4. The lowest BCUT2D eigenvalue weighted by atomic mass is 9.95. The van der Waals surface area contributed by atoms with Crippen molar-refractivity contribution in [2.45, 2.75) is 19.3 Å². The van der Waals surface area contributed by atoms with Gasteiger partial charge < -0.3 is 10.2 Å². The lowest BCUT2D eigenvalue weighted by Crippen LogP contribution is -2.13. The Kier molecular flexibility index (Phi) is 2.96. The molecule has 1 aromatic rings. The molecule has 82 valence electrons. The highest BCUT2D eigenvalue weighted by molar-refractivity contribution is 5.62. The van der Waals surface area contributed by atoms with Crippen molar-refractivity contribution < 1.29 is 0 Å². The Bertz CT molecular complexity index is 346. The van der Waals surface area contributed by atoms with Crippen molar-refractivity contribution in [3.8, 4) is 0 Å². The maximum Gasteiger partial charge on any atom is 0.0402 e. The average Bonchev–Trinajstić information content (AvgIpc) is 2.53. The maximum absolute atomic E-state index is 3.22. The first-order valence-corrected chi connectivity index (χ1v) is 5.71. The third-order valence-corrected chi connectivity index (χ3v) is 3.27. The van der Waals surface area contributed by atoms with Crippen molar-refractivity contribution in [1.29, 1.82) is 0 Å². The Labute approximate surface area is 92.3 Å². The predicted molar refractivity (Wildman–Crippen MR) is 65.8 cm³/mol. The Balaban J connectivity index is 2.33. The van der Waals surface area contributed by atoms with Gasteiger partial charge in [0.25, 0.3) is 0 Å². The third kappa shape index (κ3) is 1.86. The van der Waals surface area contributed by atoms with E-state index in [4.69, 9.17) is 0 Å². The Hall–Kier alpha value is -1.02. The second kappa shape index (κ2) is 4.23. The molecule has 1 aliphatic rings. The number of benzene rings is 1. The van der Waals surface area contributed by atoms with E-state index in [-0.39, 0.29) is 0 Å². The molecule has 1 heterocycles. The molecule has 1 N–H and O–H groups in total. The molecule has 0 saturated heterocycles. The maximum atomic E-state index is 3.22. The van der Waals surface area contributed by atoms with Gasteiger partial charge in [-0.15, -0.1) is 0 Å². The summed E-state index contributed by atoms with van der Waals surface area (Å²) in [7, 11) is 4.20. The number of rotatable bonds is 3. The van der Waals surface area contributed by atoms with Crippen LogP contribution in [0.4, 0.5) is 5.69 Å². The summed E-state index contributed by atoms with van der Waals surface area (Å²) >= 11 is 0. The van der Waals surface area contributed by atoms with Gasteiger partial charge in [-0.05, 0) is 37.2 Å². The molecule has 2 heteroatoms. The van der Waals surface area contributed by atoms with Gasteiger partial charge in [-0.2, -0.15) is 0 Å². The number of likely N-dealkylation sites (N-methyl/N-ethyl adjacent to an activating group) is 2. The van der Waals surface area contributed by atoms with Gasteiger partial charge in [0.15, 0.2) is 0 Å². The van der Waals surface area contributed by atoms with E-state index in [1.54, 1.807) is 5.56 Å². The largest absolute Gasteiger partial charge is 0.374 e. The fourth-order valence-electron chi connectivity index (χ4n) is 2.58. The summed E-state index contributed by atoms with van der Waals surface area (Å²) in [5.74, 6) is 0.679. The first-order chi connectivity index (χ1) is 7.24. The van der Waals surface area contributed by atoms with Crippen LogP contribution in [0.15, 0.2) is 18.2 Å². The highest BCUT2D eigenvalue weighted by Crippen LogP contribution is 2.37. The molecule has 0 radical (unpaired) electrons. The van der Waals surface area contributed by atoms with Crippen molar-refractivity contribution in [3.05, 3.63) is 29.3 Å². The van der Waals surface area contributed by atoms with Gasteiger partial charge in [0.1, 0.15) is 0 Å². The van der Waals surface area contributed by atoms with Crippen LogP contribution in [0, 0.1) is 0 Å². The van der Waals surface area contributed by atoms with Gasteiger partial charge in [0, 0.05) is 25.2 Å². The average molecular weight is 204 g/mol. The van der Waals surface area contributed by atoms with Crippen molar-refractivity contribution in [2.24, 2.45) is 0 Å². The van der Waals surface area contributed by atoms with Gasteiger partial charge in [-0.3, -0.25) is 0 Å². The molecular formula is C13H20N2. The Morgan fingerprint density at radius 3 is 3.00 bits per heavy atom. The van der Waals surface area contributed by atoms with Crippen LogP contribution in [0.2, 0.25) is 0 Å². The van der Waals surface area contributed by atoms with E-state index in [9.17, 15) is 0 Å². The van der Waals surface area contributed by atoms with Gasteiger partial charge in [0.05, 0.1) is 0 Å². The van der Waals surface area contributed by atoms with Crippen LogP contribution in [-0.2, 0) is 6.42 Å². The Morgan fingerprint density at radius 2 is 2.27 bits per heavy atom.